The van der Waals surface area contributed by atoms with E-state index < -0.39 is 0 Å². The average Bonchev–Trinajstić information content (AvgIpc) is 2.68. The molecular weight excluding hydrogens is 330 g/mol. The Kier molecular flexibility index (Phi) is 4.00. The Hall–Kier alpha value is -3.78. The summed E-state index contributed by atoms with van der Waals surface area (Å²) >= 11 is 0. The zero-order valence-electron chi connectivity index (χ0n) is 13.6. The van der Waals surface area contributed by atoms with Gasteiger partial charge in [0.25, 0.3) is 0 Å². The van der Waals surface area contributed by atoms with Crippen LogP contribution in [0.2, 0.25) is 0 Å². The van der Waals surface area contributed by atoms with Gasteiger partial charge < -0.3 is 13.9 Å². The molecule has 1 aromatic heterocycles. The van der Waals surface area contributed by atoms with E-state index in [4.69, 9.17) is 19.2 Å². The van der Waals surface area contributed by atoms with Crippen molar-refractivity contribution in [3.8, 4) is 23.3 Å². The van der Waals surface area contributed by atoms with Gasteiger partial charge in [-0.25, -0.2) is 0 Å². The highest BCUT2D eigenvalue weighted by Gasteiger charge is 2.10. The van der Waals surface area contributed by atoms with Crippen LogP contribution in [-0.2, 0) is 0 Å². The normalized spacial score (nSPS) is 10.6. The molecule has 5 heteroatoms. The van der Waals surface area contributed by atoms with E-state index in [2.05, 4.69) is 0 Å². The van der Waals surface area contributed by atoms with Crippen LogP contribution in [-0.4, -0.2) is 6.61 Å². The van der Waals surface area contributed by atoms with Crippen molar-refractivity contribution in [2.45, 2.75) is 0 Å². The molecule has 0 aliphatic carbocycles. The fraction of sp³-hybridized carbons (Fsp3) is 0.0476. The van der Waals surface area contributed by atoms with Crippen molar-refractivity contribution in [3.05, 3.63) is 77.2 Å². The molecule has 0 atom stereocenters. The van der Waals surface area contributed by atoms with Crippen LogP contribution < -0.4 is 14.9 Å². The molecule has 5 nitrogen and oxygen atoms in total. The summed E-state index contributed by atoms with van der Waals surface area (Å²) in [6.45, 7) is -0.0705. The van der Waals surface area contributed by atoms with Crippen molar-refractivity contribution in [1.29, 1.82) is 5.26 Å². The molecule has 0 saturated carbocycles. The Bertz CT molecular complexity index is 1200. The van der Waals surface area contributed by atoms with E-state index in [9.17, 15) is 4.79 Å². The van der Waals surface area contributed by atoms with Gasteiger partial charge in [0.05, 0.1) is 5.39 Å². The molecule has 0 amide bonds. The van der Waals surface area contributed by atoms with Gasteiger partial charge in [-0.2, -0.15) is 5.26 Å². The van der Waals surface area contributed by atoms with Gasteiger partial charge in [0, 0.05) is 6.07 Å². The molecule has 4 aromatic rings. The van der Waals surface area contributed by atoms with Crippen LogP contribution in [0.5, 0.6) is 17.2 Å². The standard InChI is InChI=1S/C21H13NO4/c22-9-10-24-16-7-8-18-19(12-16)25-13-20(21(18)23)26-17-6-5-14-3-1-2-4-15(14)11-17/h1-8,11-13H,10H2. The minimum atomic E-state index is -0.272. The van der Waals surface area contributed by atoms with E-state index in [0.717, 1.165) is 10.8 Å². The largest absolute Gasteiger partial charge is 0.479 e. The SMILES string of the molecule is N#CCOc1ccc2c(=O)c(Oc3ccc4ccccc4c3)coc2c1. The second-order valence-corrected chi connectivity index (χ2v) is 5.64. The Morgan fingerprint density at radius 2 is 1.77 bits per heavy atom. The first-order chi connectivity index (χ1) is 12.7. The van der Waals surface area contributed by atoms with Crippen LogP contribution in [0.15, 0.2) is 76.1 Å². The van der Waals surface area contributed by atoms with Crippen LogP contribution in [0.1, 0.15) is 0 Å². The van der Waals surface area contributed by atoms with Crippen LogP contribution in [0.3, 0.4) is 0 Å². The van der Waals surface area contributed by atoms with E-state index in [1.54, 1.807) is 18.2 Å². The van der Waals surface area contributed by atoms with Crippen LogP contribution >= 0.6 is 0 Å². The first-order valence-electron chi connectivity index (χ1n) is 7.96. The number of rotatable bonds is 4. The topological polar surface area (TPSA) is 72.5 Å². The van der Waals surface area contributed by atoms with Crippen molar-refractivity contribution >= 4 is 21.7 Å². The summed E-state index contributed by atoms with van der Waals surface area (Å²) in [4.78, 5) is 12.6. The van der Waals surface area contributed by atoms with Crippen molar-refractivity contribution in [1.82, 2.24) is 0 Å². The lowest BCUT2D eigenvalue weighted by atomic mass is 10.1. The van der Waals surface area contributed by atoms with E-state index in [1.807, 2.05) is 48.5 Å². The van der Waals surface area contributed by atoms with E-state index in [-0.39, 0.29) is 17.8 Å². The molecule has 1 heterocycles. The molecule has 0 aliphatic heterocycles. The Morgan fingerprint density at radius 3 is 2.62 bits per heavy atom. The number of benzene rings is 3. The molecule has 26 heavy (non-hydrogen) atoms. The summed E-state index contributed by atoms with van der Waals surface area (Å²) < 4.78 is 16.5. The van der Waals surface area contributed by atoms with Gasteiger partial charge >= 0.3 is 0 Å². The number of ether oxygens (including phenoxy) is 2. The van der Waals surface area contributed by atoms with E-state index in [1.165, 1.54) is 6.26 Å². The Balaban J connectivity index is 1.68. The van der Waals surface area contributed by atoms with Gasteiger partial charge in [-0.15, -0.1) is 0 Å². The summed E-state index contributed by atoms with van der Waals surface area (Å²) in [6, 6.07) is 20.2. The van der Waals surface area contributed by atoms with Crippen LogP contribution in [0.4, 0.5) is 0 Å². The predicted octanol–water partition coefficient (Wildman–Crippen LogP) is 4.64. The van der Waals surface area contributed by atoms with Gasteiger partial charge in [-0.1, -0.05) is 30.3 Å². The first kappa shape index (κ1) is 15.7. The molecule has 3 aromatic carbocycles. The smallest absolute Gasteiger partial charge is 0.235 e. The third-order valence-corrected chi connectivity index (χ3v) is 3.97. The second-order valence-electron chi connectivity index (χ2n) is 5.64. The number of hydrogen-bond donors (Lipinski definition) is 0. The molecule has 0 fully saturated rings. The zero-order valence-corrected chi connectivity index (χ0v) is 13.6. The fourth-order valence-electron chi connectivity index (χ4n) is 2.72. The van der Waals surface area contributed by atoms with Gasteiger partial charge in [0.2, 0.25) is 11.2 Å². The molecule has 0 bridgehead atoms. The van der Waals surface area contributed by atoms with E-state index in [0.29, 0.717) is 22.5 Å². The maximum absolute atomic E-state index is 12.6. The fourth-order valence-corrected chi connectivity index (χ4v) is 2.72. The highest BCUT2D eigenvalue weighted by atomic mass is 16.5. The average molecular weight is 343 g/mol. The van der Waals surface area contributed by atoms with Crippen LogP contribution in [0.25, 0.3) is 21.7 Å². The molecule has 4 rings (SSSR count). The number of fused-ring (bicyclic) bond motifs is 2. The molecule has 126 valence electrons. The van der Waals surface area contributed by atoms with Gasteiger partial charge in [0.1, 0.15) is 29.4 Å². The van der Waals surface area contributed by atoms with Crippen LogP contribution in [0, 0.1) is 11.3 Å². The summed E-state index contributed by atoms with van der Waals surface area (Å²) in [6.07, 6.45) is 1.29. The van der Waals surface area contributed by atoms with Crippen molar-refractivity contribution in [3.63, 3.8) is 0 Å². The lowest BCUT2D eigenvalue weighted by Crippen LogP contribution is -2.05. The molecular formula is C21H13NO4. The first-order valence-corrected chi connectivity index (χ1v) is 7.96. The monoisotopic (exact) mass is 343 g/mol. The van der Waals surface area contributed by atoms with Gasteiger partial charge in [-0.3, -0.25) is 4.79 Å². The molecule has 0 spiro atoms. The van der Waals surface area contributed by atoms with E-state index >= 15 is 0 Å². The lowest BCUT2D eigenvalue weighted by Gasteiger charge is -2.07. The number of nitrogens with zero attached hydrogens (tertiary/aromatic N) is 1. The summed E-state index contributed by atoms with van der Waals surface area (Å²) in [5.74, 6) is 1.13. The minimum absolute atomic E-state index is 0.0705. The van der Waals surface area contributed by atoms with Crippen molar-refractivity contribution in [2.75, 3.05) is 6.61 Å². The summed E-state index contributed by atoms with van der Waals surface area (Å²) in [7, 11) is 0. The highest BCUT2D eigenvalue weighted by molar-refractivity contribution is 5.84. The lowest BCUT2D eigenvalue weighted by molar-refractivity contribution is 0.367. The molecule has 0 unspecified atom stereocenters. The Morgan fingerprint density at radius 1 is 0.962 bits per heavy atom. The minimum Gasteiger partial charge on any atom is -0.479 e. The number of hydrogen-bond acceptors (Lipinski definition) is 5. The Labute approximate surface area is 148 Å². The van der Waals surface area contributed by atoms with Crippen molar-refractivity contribution in [2.24, 2.45) is 0 Å². The molecule has 0 N–H and O–H groups in total. The molecule has 0 aliphatic rings. The molecule has 0 radical (unpaired) electrons. The summed E-state index contributed by atoms with van der Waals surface area (Å²) in [5, 5.41) is 11.1. The molecule has 0 saturated heterocycles. The summed E-state index contributed by atoms with van der Waals surface area (Å²) in [5.41, 5.74) is 0.0996. The maximum Gasteiger partial charge on any atom is 0.235 e. The highest BCUT2D eigenvalue weighted by Crippen LogP contribution is 2.26. The predicted molar refractivity (Wildman–Crippen MR) is 97.6 cm³/mol. The third kappa shape index (κ3) is 2.96. The van der Waals surface area contributed by atoms with Gasteiger partial charge in [-0.05, 0) is 35.0 Å². The zero-order chi connectivity index (χ0) is 17.9. The maximum atomic E-state index is 12.6. The van der Waals surface area contributed by atoms with Crippen molar-refractivity contribution < 1.29 is 13.9 Å². The van der Waals surface area contributed by atoms with Gasteiger partial charge in [0.15, 0.2) is 6.61 Å². The third-order valence-electron chi connectivity index (χ3n) is 3.97. The second kappa shape index (κ2) is 6.61. The quantitative estimate of drug-likeness (QED) is 0.540. The number of nitriles is 1.